The van der Waals surface area contributed by atoms with Crippen molar-refractivity contribution in [1.29, 1.82) is 0 Å². The number of rotatable bonds is 4. The number of para-hydroxylation sites is 1. The largest absolute Gasteiger partial charge is 0.451 e. The number of furan rings is 1. The molecule has 0 N–H and O–H groups in total. The number of fused-ring (bicyclic) bond motifs is 1. The van der Waals surface area contributed by atoms with Gasteiger partial charge in [-0.3, -0.25) is 9.59 Å². The molecule has 0 bridgehead atoms. The van der Waals surface area contributed by atoms with Gasteiger partial charge in [-0.05, 0) is 31.7 Å². The average Bonchev–Trinajstić information content (AvgIpc) is 2.92. The molecule has 4 rings (SSSR count). The van der Waals surface area contributed by atoms with E-state index in [1.54, 1.807) is 7.11 Å². The molecule has 29 heavy (non-hydrogen) atoms. The van der Waals surface area contributed by atoms with Crippen LogP contribution in [0.4, 0.5) is 0 Å². The molecule has 3 heterocycles. The fraction of sp³-hybridized carbons (Fsp3) is 0.565. The van der Waals surface area contributed by atoms with Crippen molar-refractivity contribution in [2.24, 2.45) is 5.92 Å². The molecule has 1 aromatic heterocycles. The van der Waals surface area contributed by atoms with Crippen LogP contribution in [0, 0.1) is 5.92 Å². The number of benzene rings is 1. The Morgan fingerprint density at radius 2 is 1.69 bits per heavy atom. The SMILES string of the molecule is COCc1c(C(=O)N2CCC(C(=O)N3CCCCCC3)CC2)oc2ccccc12. The van der Waals surface area contributed by atoms with Crippen molar-refractivity contribution in [3.05, 3.63) is 35.6 Å². The van der Waals surface area contributed by atoms with Gasteiger partial charge in [-0.2, -0.15) is 0 Å². The van der Waals surface area contributed by atoms with Crippen molar-refractivity contribution in [2.75, 3.05) is 33.3 Å². The number of methoxy groups -OCH3 is 1. The molecule has 2 aliphatic heterocycles. The molecule has 0 atom stereocenters. The summed E-state index contributed by atoms with van der Waals surface area (Å²) < 4.78 is 11.2. The molecule has 2 amide bonds. The van der Waals surface area contributed by atoms with Gasteiger partial charge in [0.05, 0.1) is 6.61 Å². The number of hydrogen-bond donors (Lipinski definition) is 0. The van der Waals surface area contributed by atoms with E-state index in [-0.39, 0.29) is 17.7 Å². The average molecular weight is 399 g/mol. The van der Waals surface area contributed by atoms with Crippen LogP contribution < -0.4 is 0 Å². The standard InChI is InChI=1S/C23H30N2O4/c1-28-16-19-18-8-4-5-9-20(18)29-21(19)23(27)25-14-10-17(11-15-25)22(26)24-12-6-2-3-7-13-24/h4-5,8-9,17H,2-3,6-7,10-16H2,1H3. The van der Waals surface area contributed by atoms with E-state index in [0.29, 0.717) is 31.0 Å². The van der Waals surface area contributed by atoms with E-state index in [9.17, 15) is 9.59 Å². The van der Waals surface area contributed by atoms with Crippen molar-refractivity contribution < 1.29 is 18.7 Å². The molecule has 2 aromatic rings. The smallest absolute Gasteiger partial charge is 0.289 e. The van der Waals surface area contributed by atoms with Gasteiger partial charge in [0.1, 0.15) is 5.58 Å². The second kappa shape index (κ2) is 8.99. The maximum Gasteiger partial charge on any atom is 0.289 e. The van der Waals surface area contributed by atoms with Crippen LogP contribution in [0.15, 0.2) is 28.7 Å². The molecule has 0 radical (unpaired) electrons. The summed E-state index contributed by atoms with van der Waals surface area (Å²) in [6, 6.07) is 7.66. The Kier molecular flexibility index (Phi) is 6.19. The van der Waals surface area contributed by atoms with Crippen LogP contribution in [0.25, 0.3) is 11.0 Å². The number of carbonyl (C=O) groups is 2. The minimum atomic E-state index is -0.103. The molecule has 1 aromatic carbocycles. The maximum atomic E-state index is 13.2. The Hall–Kier alpha value is -2.34. The highest BCUT2D eigenvalue weighted by Crippen LogP contribution is 2.29. The van der Waals surface area contributed by atoms with Crippen LogP contribution >= 0.6 is 0 Å². The number of piperidine rings is 1. The monoisotopic (exact) mass is 398 g/mol. The van der Waals surface area contributed by atoms with E-state index in [2.05, 4.69) is 0 Å². The second-order valence-electron chi connectivity index (χ2n) is 8.14. The third-order valence-corrected chi connectivity index (χ3v) is 6.23. The first kappa shape index (κ1) is 20.0. The number of amides is 2. The first-order chi connectivity index (χ1) is 14.2. The van der Waals surface area contributed by atoms with Crippen LogP contribution in [0.3, 0.4) is 0 Å². The topological polar surface area (TPSA) is 63.0 Å². The van der Waals surface area contributed by atoms with Crippen molar-refractivity contribution in [2.45, 2.75) is 45.1 Å². The van der Waals surface area contributed by atoms with Crippen LogP contribution in [0.2, 0.25) is 0 Å². The summed E-state index contributed by atoms with van der Waals surface area (Å²) in [5, 5.41) is 0.920. The van der Waals surface area contributed by atoms with Crippen molar-refractivity contribution in [3.8, 4) is 0 Å². The number of hydrogen-bond acceptors (Lipinski definition) is 4. The van der Waals surface area contributed by atoms with Crippen molar-refractivity contribution in [1.82, 2.24) is 9.80 Å². The van der Waals surface area contributed by atoms with Gasteiger partial charge in [0.2, 0.25) is 5.91 Å². The highest BCUT2D eigenvalue weighted by Gasteiger charge is 2.32. The van der Waals surface area contributed by atoms with Crippen LogP contribution in [0.1, 0.15) is 54.6 Å². The van der Waals surface area contributed by atoms with Gasteiger partial charge in [-0.15, -0.1) is 0 Å². The van der Waals surface area contributed by atoms with E-state index >= 15 is 0 Å². The normalized spacial score (nSPS) is 18.8. The van der Waals surface area contributed by atoms with Gasteiger partial charge in [-0.25, -0.2) is 0 Å². The lowest BCUT2D eigenvalue weighted by atomic mass is 9.94. The molecule has 0 unspecified atom stereocenters. The van der Waals surface area contributed by atoms with E-state index < -0.39 is 0 Å². The Morgan fingerprint density at radius 1 is 1.00 bits per heavy atom. The molecule has 156 valence electrons. The van der Waals surface area contributed by atoms with Gasteiger partial charge in [0.25, 0.3) is 5.91 Å². The molecule has 2 aliphatic rings. The number of nitrogens with zero attached hydrogens (tertiary/aromatic N) is 2. The lowest BCUT2D eigenvalue weighted by molar-refractivity contribution is -0.136. The zero-order valence-electron chi connectivity index (χ0n) is 17.2. The highest BCUT2D eigenvalue weighted by atomic mass is 16.5. The number of likely N-dealkylation sites (tertiary alicyclic amines) is 2. The quantitative estimate of drug-likeness (QED) is 0.785. The first-order valence-electron chi connectivity index (χ1n) is 10.8. The Labute approximate surface area is 171 Å². The maximum absolute atomic E-state index is 13.2. The zero-order chi connectivity index (χ0) is 20.2. The van der Waals surface area contributed by atoms with Crippen molar-refractivity contribution in [3.63, 3.8) is 0 Å². The molecular formula is C23H30N2O4. The lowest BCUT2D eigenvalue weighted by Crippen LogP contribution is -2.44. The van der Waals surface area contributed by atoms with Gasteiger partial charge >= 0.3 is 0 Å². The van der Waals surface area contributed by atoms with Gasteiger partial charge in [0, 0.05) is 50.2 Å². The Morgan fingerprint density at radius 3 is 2.38 bits per heavy atom. The molecule has 6 heteroatoms. The van der Waals surface area contributed by atoms with Crippen LogP contribution in [-0.4, -0.2) is 54.9 Å². The predicted molar refractivity (Wildman–Crippen MR) is 111 cm³/mol. The lowest BCUT2D eigenvalue weighted by Gasteiger charge is -2.33. The minimum absolute atomic E-state index is 0.0336. The fourth-order valence-electron chi connectivity index (χ4n) is 4.58. The summed E-state index contributed by atoms with van der Waals surface area (Å²) in [5.41, 5.74) is 1.50. The van der Waals surface area contributed by atoms with E-state index in [4.69, 9.17) is 9.15 Å². The summed E-state index contributed by atoms with van der Waals surface area (Å²) in [4.78, 5) is 29.9. The van der Waals surface area contributed by atoms with E-state index in [1.165, 1.54) is 12.8 Å². The second-order valence-corrected chi connectivity index (χ2v) is 8.14. The summed E-state index contributed by atoms with van der Waals surface area (Å²) in [5.74, 6) is 0.577. The molecule has 2 saturated heterocycles. The molecular weight excluding hydrogens is 368 g/mol. The van der Waals surface area contributed by atoms with Gasteiger partial charge < -0.3 is 19.0 Å². The molecule has 0 aliphatic carbocycles. The highest BCUT2D eigenvalue weighted by molar-refractivity contribution is 5.99. The summed E-state index contributed by atoms with van der Waals surface area (Å²) in [7, 11) is 1.62. The molecule has 0 spiro atoms. The predicted octanol–water partition coefficient (Wildman–Crippen LogP) is 3.83. The first-order valence-corrected chi connectivity index (χ1v) is 10.8. The Bertz CT molecular complexity index is 859. The third-order valence-electron chi connectivity index (χ3n) is 6.23. The number of carbonyl (C=O) groups excluding carboxylic acids is 2. The Balaban J connectivity index is 1.43. The van der Waals surface area contributed by atoms with Crippen LogP contribution in [0.5, 0.6) is 0 Å². The summed E-state index contributed by atoms with van der Waals surface area (Å²) in [6.45, 7) is 3.29. The van der Waals surface area contributed by atoms with Gasteiger partial charge in [0.15, 0.2) is 5.76 Å². The molecule has 6 nitrogen and oxygen atoms in total. The van der Waals surface area contributed by atoms with Crippen LogP contribution in [-0.2, 0) is 16.1 Å². The van der Waals surface area contributed by atoms with Crippen molar-refractivity contribution >= 4 is 22.8 Å². The zero-order valence-corrected chi connectivity index (χ0v) is 17.2. The third kappa shape index (κ3) is 4.17. The summed E-state index contributed by atoms with van der Waals surface area (Å²) >= 11 is 0. The van der Waals surface area contributed by atoms with E-state index in [1.807, 2.05) is 34.1 Å². The summed E-state index contributed by atoms with van der Waals surface area (Å²) in [6.07, 6.45) is 6.10. The van der Waals surface area contributed by atoms with Gasteiger partial charge in [-0.1, -0.05) is 31.0 Å². The molecule has 2 fully saturated rings. The minimum Gasteiger partial charge on any atom is -0.451 e. The number of ether oxygens (including phenoxy) is 1. The molecule has 0 saturated carbocycles. The fourth-order valence-corrected chi connectivity index (χ4v) is 4.58. The van der Waals surface area contributed by atoms with E-state index in [0.717, 1.165) is 49.7 Å².